The van der Waals surface area contributed by atoms with Crippen LogP contribution in [0, 0.1) is 11.8 Å². The van der Waals surface area contributed by atoms with Crippen LogP contribution in [0.3, 0.4) is 0 Å². The van der Waals surface area contributed by atoms with Crippen molar-refractivity contribution in [1.82, 2.24) is 0 Å². The summed E-state index contributed by atoms with van der Waals surface area (Å²) < 4.78 is 5.95. The molecule has 98 valence electrons. The summed E-state index contributed by atoms with van der Waals surface area (Å²) in [6.07, 6.45) is 4.74. The molecule has 3 unspecified atom stereocenters. The Morgan fingerprint density at radius 1 is 1.65 bits per heavy atom. The van der Waals surface area contributed by atoms with E-state index in [0.717, 1.165) is 50.2 Å². The fraction of sp³-hybridized carbons (Fsp3) is 0.923. The van der Waals surface area contributed by atoms with Gasteiger partial charge in [-0.1, -0.05) is 13.3 Å². The van der Waals surface area contributed by atoms with Crippen LogP contribution >= 0.6 is 11.8 Å². The number of aliphatic carboxylic acids is 1. The van der Waals surface area contributed by atoms with Crippen molar-refractivity contribution in [2.75, 3.05) is 18.1 Å². The first-order valence-electron chi connectivity index (χ1n) is 6.61. The number of carbonyl (C=O) groups is 1. The van der Waals surface area contributed by atoms with Crippen LogP contribution in [0.15, 0.2) is 0 Å². The van der Waals surface area contributed by atoms with Crippen LogP contribution < -0.4 is 0 Å². The Kier molecular flexibility index (Phi) is 4.36. The van der Waals surface area contributed by atoms with E-state index in [9.17, 15) is 9.90 Å². The maximum atomic E-state index is 11.3. The van der Waals surface area contributed by atoms with E-state index in [1.54, 1.807) is 0 Å². The summed E-state index contributed by atoms with van der Waals surface area (Å²) in [5, 5.41) is 9.34. The summed E-state index contributed by atoms with van der Waals surface area (Å²) >= 11 is 1.94. The van der Waals surface area contributed by atoms with E-state index >= 15 is 0 Å². The summed E-state index contributed by atoms with van der Waals surface area (Å²) in [6.45, 7) is 2.81. The smallest absolute Gasteiger partial charge is 0.306 e. The lowest BCUT2D eigenvalue weighted by atomic mass is 9.76. The largest absolute Gasteiger partial charge is 0.481 e. The van der Waals surface area contributed by atoms with Crippen LogP contribution in [-0.2, 0) is 9.53 Å². The lowest BCUT2D eigenvalue weighted by molar-refractivity contribution is -0.149. The van der Waals surface area contributed by atoms with Gasteiger partial charge in [-0.05, 0) is 37.4 Å². The van der Waals surface area contributed by atoms with E-state index in [2.05, 4.69) is 6.92 Å². The number of thioether (sulfide) groups is 1. The zero-order valence-electron chi connectivity index (χ0n) is 10.5. The van der Waals surface area contributed by atoms with Crippen molar-refractivity contribution in [3.8, 4) is 0 Å². The second-order valence-corrected chi connectivity index (χ2v) is 6.43. The summed E-state index contributed by atoms with van der Waals surface area (Å²) in [7, 11) is 0. The SMILES string of the molecule is CCCC(C(=O)O)C1CCOC2(CCSC2)C1. The molecule has 2 heterocycles. The molecule has 2 saturated heterocycles. The molecule has 3 nitrogen and oxygen atoms in total. The minimum absolute atomic E-state index is 0.00895. The van der Waals surface area contributed by atoms with Gasteiger partial charge in [0.15, 0.2) is 0 Å². The second kappa shape index (κ2) is 5.61. The molecule has 3 atom stereocenters. The Balaban J connectivity index is 2.02. The molecule has 17 heavy (non-hydrogen) atoms. The van der Waals surface area contributed by atoms with Crippen molar-refractivity contribution in [3.05, 3.63) is 0 Å². The maximum Gasteiger partial charge on any atom is 0.306 e. The number of carboxylic acid groups (broad SMARTS) is 1. The third-order valence-corrected chi connectivity index (χ3v) is 5.31. The molecule has 0 bridgehead atoms. The van der Waals surface area contributed by atoms with Crippen LogP contribution in [-0.4, -0.2) is 34.8 Å². The van der Waals surface area contributed by atoms with Crippen LogP contribution in [0.5, 0.6) is 0 Å². The predicted molar refractivity (Wildman–Crippen MR) is 69.4 cm³/mol. The molecule has 0 aromatic rings. The van der Waals surface area contributed by atoms with E-state index < -0.39 is 5.97 Å². The van der Waals surface area contributed by atoms with Crippen molar-refractivity contribution in [3.63, 3.8) is 0 Å². The van der Waals surface area contributed by atoms with E-state index in [-0.39, 0.29) is 11.5 Å². The van der Waals surface area contributed by atoms with Gasteiger partial charge in [0.25, 0.3) is 0 Å². The fourth-order valence-electron chi connectivity index (χ4n) is 3.14. The molecule has 2 rings (SSSR count). The van der Waals surface area contributed by atoms with Gasteiger partial charge in [0.05, 0.1) is 11.5 Å². The lowest BCUT2D eigenvalue weighted by Crippen LogP contribution is -2.43. The normalized spacial score (nSPS) is 35.0. The minimum atomic E-state index is -0.612. The molecule has 2 aliphatic rings. The van der Waals surface area contributed by atoms with Crippen molar-refractivity contribution in [2.45, 2.75) is 44.6 Å². The lowest BCUT2D eigenvalue weighted by Gasteiger charge is -2.39. The van der Waals surface area contributed by atoms with Gasteiger partial charge < -0.3 is 9.84 Å². The molecule has 4 heteroatoms. The van der Waals surface area contributed by atoms with E-state index in [1.165, 1.54) is 0 Å². The highest BCUT2D eigenvalue weighted by atomic mass is 32.2. The Bertz CT molecular complexity index is 274. The van der Waals surface area contributed by atoms with E-state index in [1.807, 2.05) is 11.8 Å². The van der Waals surface area contributed by atoms with Crippen LogP contribution in [0.25, 0.3) is 0 Å². The summed E-state index contributed by atoms with van der Waals surface area (Å²) in [6, 6.07) is 0. The molecular weight excluding hydrogens is 236 g/mol. The molecule has 0 aromatic carbocycles. The standard InChI is InChI=1S/C13H22O3S/c1-2-3-11(12(14)15)10-4-6-16-13(8-10)5-7-17-9-13/h10-11H,2-9H2,1H3,(H,14,15). The molecular formula is C13H22O3S. The monoisotopic (exact) mass is 258 g/mol. The van der Waals surface area contributed by atoms with Gasteiger partial charge in [0, 0.05) is 12.4 Å². The second-order valence-electron chi connectivity index (χ2n) is 5.32. The molecule has 1 spiro atoms. The minimum Gasteiger partial charge on any atom is -0.481 e. The van der Waals surface area contributed by atoms with Crippen molar-refractivity contribution in [2.24, 2.45) is 11.8 Å². The fourth-order valence-corrected chi connectivity index (χ4v) is 4.52. The van der Waals surface area contributed by atoms with Gasteiger partial charge in [-0.25, -0.2) is 0 Å². The Hall–Kier alpha value is -0.220. The van der Waals surface area contributed by atoms with Gasteiger partial charge in [-0.15, -0.1) is 0 Å². The van der Waals surface area contributed by atoms with E-state index in [0.29, 0.717) is 5.92 Å². The molecule has 0 aromatic heterocycles. The zero-order chi connectivity index (χ0) is 12.3. The first kappa shape index (κ1) is 13.2. The molecule has 1 N–H and O–H groups in total. The Morgan fingerprint density at radius 2 is 2.47 bits per heavy atom. The first-order chi connectivity index (χ1) is 8.17. The summed E-state index contributed by atoms with van der Waals surface area (Å²) in [5.74, 6) is 1.77. The first-order valence-corrected chi connectivity index (χ1v) is 7.77. The highest BCUT2D eigenvalue weighted by Gasteiger charge is 2.43. The third-order valence-electron chi connectivity index (χ3n) is 4.08. The number of ether oxygens (including phenoxy) is 1. The average Bonchev–Trinajstić information content (AvgIpc) is 2.73. The average molecular weight is 258 g/mol. The van der Waals surface area contributed by atoms with E-state index in [4.69, 9.17) is 4.74 Å². The third kappa shape index (κ3) is 2.97. The van der Waals surface area contributed by atoms with Crippen molar-refractivity contribution in [1.29, 1.82) is 0 Å². The molecule has 0 amide bonds. The highest BCUT2D eigenvalue weighted by molar-refractivity contribution is 7.99. The van der Waals surface area contributed by atoms with Gasteiger partial charge in [0.2, 0.25) is 0 Å². The van der Waals surface area contributed by atoms with Gasteiger partial charge in [-0.3, -0.25) is 4.79 Å². The van der Waals surface area contributed by atoms with Gasteiger partial charge >= 0.3 is 5.97 Å². The molecule has 0 saturated carbocycles. The van der Waals surface area contributed by atoms with Gasteiger partial charge in [-0.2, -0.15) is 11.8 Å². The van der Waals surface area contributed by atoms with Crippen LogP contribution in [0.2, 0.25) is 0 Å². The topological polar surface area (TPSA) is 46.5 Å². The molecule has 0 aliphatic carbocycles. The quantitative estimate of drug-likeness (QED) is 0.842. The Morgan fingerprint density at radius 3 is 3.06 bits per heavy atom. The van der Waals surface area contributed by atoms with Crippen LogP contribution in [0.1, 0.15) is 39.0 Å². The predicted octanol–water partition coefficient (Wildman–Crippen LogP) is 2.79. The summed E-state index contributed by atoms with van der Waals surface area (Å²) in [4.78, 5) is 11.3. The Labute approximate surface area is 107 Å². The van der Waals surface area contributed by atoms with Crippen molar-refractivity contribution < 1.29 is 14.6 Å². The highest BCUT2D eigenvalue weighted by Crippen LogP contribution is 2.43. The number of hydrogen-bond donors (Lipinski definition) is 1. The maximum absolute atomic E-state index is 11.3. The molecule has 0 radical (unpaired) electrons. The number of rotatable bonds is 4. The molecule has 2 fully saturated rings. The van der Waals surface area contributed by atoms with Crippen molar-refractivity contribution >= 4 is 17.7 Å². The number of hydrogen-bond acceptors (Lipinski definition) is 3. The number of carboxylic acids is 1. The van der Waals surface area contributed by atoms with Crippen LogP contribution in [0.4, 0.5) is 0 Å². The zero-order valence-corrected chi connectivity index (χ0v) is 11.3. The summed E-state index contributed by atoms with van der Waals surface area (Å²) in [5.41, 5.74) is 0.00895. The van der Waals surface area contributed by atoms with Gasteiger partial charge in [0.1, 0.15) is 0 Å². The molecule has 2 aliphatic heterocycles.